The van der Waals surface area contributed by atoms with Crippen molar-refractivity contribution in [3.63, 3.8) is 0 Å². The summed E-state index contributed by atoms with van der Waals surface area (Å²) in [6, 6.07) is 5.06. The first kappa shape index (κ1) is 16.6. The summed E-state index contributed by atoms with van der Waals surface area (Å²) in [5, 5.41) is 3.28. The van der Waals surface area contributed by atoms with Crippen molar-refractivity contribution in [1.29, 1.82) is 0 Å². The Balaban J connectivity index is 2.45. The number of amides is 1. The van der Waals surface area contributed by atoms with Crippen LogP contribution in [0.2, 0.25) is 0 Å². The van der Waals surface area contributed by atoms with Crippen LogP contribution in [0.5, 0.6) is 11.5 Å². The topological polar surface area (TPSA) is 76.8 Å². The maximum absolute atomic E-state index is 12.2. The van der Waals surface area contributed by atoms with Gasteiger partial charge in [-0.05, 0) is 26.0 Å². The van der Waals surface area contributed by atoms with E-state index in [0.717, 1.165) is 31.7 Å². The molecule has 22 heavy (non-hydrogen) atoms. The summed E-state index contributed by atoms with van der Waals surface area (Å²) in [5.41, 5.74) is 6.45. The average molecular weight is 307 g/mol. The molecule has 1 aromatic rings. The zero-order valence-electron chi connectivity index (χ0n) is 13.3. The number of hydrogen-bond donors (Lipinski definition) is 2. The van der Waals surface area contributed by atoms with Gasteiger partial charge < -0.3 is 20.5 Å². The molecule has 6 nitrogen and oxygen atoms in total. The van der Waals surface area contributed by atoms with Crippen LogP contribution in [0.15, 0.2) is 18.2 Å². The van der Waals surface area contributed by atoms with Gasteiger partial charge >= 0.3 is 0 Å². The molecule has 1 unspecified atom stereocenters. The number of nitrogens with zero attached hydrogens (tertiary/aromatic N) is 1. The number of carbonyl (C=O) groups is 1. The van der Waals surface area contributed by atoms with E-state index in [9.17, 15) is 4.79 Å². The molecule has 1 aliphatic heterocycles. The molecule has 0 spiro atoms. The molecule has 1 fully saturated rings. The lowest BCUT2D eigenvalue weighted by atomic mass is 10.0. The highest BCUT2D eigenvalue weighted by molar-refractivity contribution is 5.83. The number of carbonyl (C=O) groups excluding carboxylic acids is 1. The quantitative estimate of drug-likeness (QED) is 0.783. The Kier molecular flexibility index (Phi) is 6.03. The molecule has 122 valence electrons. The third-order valence-electron chi connectivity index (χ3n) is 3.69. The summed E-state index contributed by atoms with van der Waals surface area (Å²) in [7, 11) is 0. The second kappa shape index (κ2) is 8.00. The standard InChI is InChI=1S/C16H25N3O3/c1-3-21-12-6-5-7-13(22-4-2)14(12)15(16(17)20)19-10-8-18-9-11-19/h5-7,15,18H,3-4,8-11H2,1-2H3,(H2,17,20). The van der Waals surface area contributed by atoms with Gasteiger partial charge in [-0.1, -0.05) is 6.07 Å². The fourth-order valence-electron chi connectivity index (χ4n) is 2.80. The minimum Gasteiger partial charge on any atom is -0.493 e. The Morgan fingerprint density at radius 1 is 1.23 bits per heavy atom. The van der Waals surface area contributed by atoms with Crippen LogP contribution in [0.25, 0.3) is 0 Å². The van der Waals surface area contributed by atoms with Crippen molar-refractivity contribution < 1.29 is 14.3 Å². The second-order valence-electron chi connectivity index (χ2n) is 5.12. The number of benzene rings is 1. The third kappa shape index (κ3) is 3.69. The van der Waals surface area contributed by atoms with E-state index in [-0.39, 0.29) is 5.91 Å². The van der Waals surface area contributed by atoms with Crippen molar-refractivity contribution >= 4 is 5.91 Å². The molecular formula is C16H25N3O3. The van der Waals surface area contributed by atoms with Crippen LogP contribution in [0, 0.1) is 0 Å². The molecule has 2 rings (SSSR count). The number of hydrogen-bond acceptors (Lipinski definition) is 5. The number of ether oxygens (including phenoxy) is 2. The number of nitrogens with one attached hydrogen (secondary N) is 1. The average Bonchev–Trinajstić information content (AvgIpc) is 2.51. The first-order valence-electron chi connectivity index (χ1n) is 7.81. The molecule has 1 amide bonds. The molecule has 0 bridgehead atoms. The normalized spacial score (nSPS) is 17.0. The lowest BCUT2D eigenvalue weighted by molar-refractivity contribution is -0.123. The zero-order valence-corrected chi connectivity index (χ0v) is 13.3. The molecule has 0 aliphatic carbocycles. The molecular weight excluding hydrogens is 282 g/mol. The van der Waals surface area contributed by atoms with Crippen molar-refractivity contribution in [3.05, 3.63) is 23.8 Å². The Labute approximate surface area is 131 Å². The summed E-state index contributed by atoms with van der Waals surface area (Å²) in [5.74, 6) is 0.946. The van der Waals surface area contributed by atoms with E-state index in [0.29, 0.717) is 24.7 Å². The summed E-state index contributed by atoms with van der Waals surface area (Å²) in [4.78, 5) is 14.2. The summed E-state index contributed by atoms with van der Waals surface area (Å²) in [6.45, 7) is 8.09. The van der Waals surface area contributed by atoms with Gasteiger partial charge in [-0.3, -0.25) is 9.69 Å². The number of rotatable bonds is 7. The molecule has 0 saturated carbocycles. The minimum absolute atomic E-state index is 0.380. The van der Waals surface area contributed by atoms with Gasteiger partial charge in [0, 0.05) is 26.2 Å². The van der Waals surface area contributed by atoms with Gasteiger partial charge in [0.15, 0.2) is 0 Å². The summed E-state index contributed by atoms with van der Waals surface area (Å²) in [6.07, 6.45) is 0. The maximum atomic E-state index is 12.2. The lowest BCUT2D eigenvalue weighted by Crippen LogP contribution is -2.48. The first-order valence-corrected chi connectivity index (χ1v) is 7.81. The smallest absolute Gasteiger partial charge is 0.239 e. The van der Waals surface area contributed by atoms with Gasteiger partial charge in [0.1, 0.15) is 17.5 Å². The number of primary amides is 1. The molecule has 1 atom stereocenters. The van der Waals surface area contributed by atoms with Gasteiger partial charge in [-0.25, -0.2) is 0 Å². The molecule has 3 N–H and O–H groups in total. The van der Waals surface area contributed by atoms with Crippen LogP contribution >= 0.6 is 0 Å². The second-order valence-corrected chi connectivity index (χ2v) is 5.12. The molecule has 1 heterocycles. The molecule has 1 saturated heterocycles. The van der Waals surface area contributed by atoms with Gasteiger partial charge in [-0.15, -0.1) is 0 Å². The van der Waals surface area contributed by atoms with E-state index in [1.54, 1.807) is 0 Å². The highest BCUT2D eigenvalue weighted by Crippen LogP contribution is 2.37. The number of nitrogens with two attached hydrogens (primary N) is 1. The van der Waals surface area contributed by atoms with Gasteiger partial charge in [-0.2, -0.15) is 0 Å². The Morgan fingerprint density at radius 3 is 2.23 bits per heavy atom. The summed E-state index contributed by atoms with van der Waals surface area (Å²) < 4.78 is 11.4. The van der Waals surface area contributed by atoms with E-state index in [4.69, 9.17) is 15.2 Å². The van der Waals surface area contributed by atoms with Gasteiger partial charge in [0.05, 0.1) is 18.8 Å². The van der Waals surface area contributed by atoms with Crippen LogP contribution in [0.1, 0.15) is 25.5 Å². The third-order valence-corrected chi connectivity index (χ3v) is 3.69. The van der Waals surface area contributed by atoms with E-state index < -0.39 is 6.04 Å². The predicted molar refractivity (Wildman–Crippen MR) is 85.2 cm³/mol. The van der Waals surface area contributed by atoms with Crippen LogP contribution < -0.4 is 20.5 Å². The minimum atomic E-state index is -0.536. The number of piperazine rings is 1. The fraction of sp³-hybridized carbons (Fsp3) is 0.562. The molecule has 1 aliphatic rings. The van der Waals surface area contributed by atoms with Crippen LogP contribution in [0.4, 0.5) is 0 Å². The van der Waals surface area contributed by atoms with E-state index in [2.05, 4.69) is 10.2 Å². The van der Waals surface area contributed by atoms with E-state index in [1.165, 1.54) is 0 Å². The van der Waals surface area contributed by atoms with Crippen LogP contribution in [-0.4, -0.2) is 50.2 Å². The summed E-state index contributed by atoms with van der Waals surface area (Å²) >= 11 is 0. The largest absolute Gasteiger partial charge is 0.493 e. The van der Waals surface area contributed by atoms with Gasteiger partial charge in [0.25, 0.3) is 0 Å². The SMILES string of the molecule is CCOc1cccc(OCC)c1C(C(N)=O)N1CCNCC1. The predicted octanol–water partition coefficient (Wildman–Crippen LogP) is 0.916. The van der Waals surface area contributed by atoms with E-state index in [1.807, 2.05) is 32.0 Å². The highest BCUT2D eigenvalue weighted by Gasteiger charge is 2.32. The van der Waals surface area contributed by atoms with Crippen molar-refractivity contribution in [3.8, 4) is 11.5 Å². The molecule has 0 radical (unpaired) electrons. The first-order chi connectivity index (χ1) is 10.7. The van der Waals surface area contributed by atoms with Crippen molar-refractivity contribution in [2.75, 3.05) is 39.4 Å². The highest BCUT2D eigenvalue weighted by atomic mass is 16.5. The lowest BCUT2D eigenvalue weighted by Gasteiger charge is -2.34. The molecule has 0 aromatic heterocycles. The van der Waals surface area contributed by atoms with Crippen LogP contribution in [-0.2, 0) is 4.79 Å². The van der Waals surface area contributed by atoms with Gasteiger partial charge in [0.2, 0.25) is 5.91 Å². The Morgan fingerprint density at radius 2 is 1.77 bits per heavy atom. The Hall–Kier alpha value is -1.79. The molecule has 1 aromatic carbocycles. The van der Waals surface area contributed by atoms with Crippen LogP contribution in [0.3, 0.4) is 0 Å². The monoisotopic (exact) mass is 307 g/mol. The van der Waals surface area contributed by atoms with Crippen molar-refractivity contribution in [2.45, 2.75) is 19.9 Å². The van der Waals surface area contributed by atoms with Crippen molar-refractivity contribution in [1.82, 2.24) is 10.2 Å². The zero-order chi connectivity index (χ0) is 15.9. The molecule has 6 heteroatoms. The van der Waals surface area contributed by atoms with E-state index >= 15 is 0 Å². The fourth-order valence-corrected chi connectivity index (χ4v) is 2.80. The van der Waals surface area contributed by atoms with Crippen molar-refractivity contribution in [2.24, 2.45) is 5.73 Å². The maximum Gasteiger partial charge on any atom is 0.239 e. The Bertz CT molecular complexity index is 477.